The van der Waals surface area contributed by atoms with Gasteiger partial charge in [0, 0.05) is 14.1 Å². The largest absolute Gasteiger partial charge is 0.673 e. The summed E-state index contributed by atoms with van der Waals surface area (Å²) in [5.41, 5.74) is 0. The first-order valence-electron chi connectivity index (χ1n) is 2.93. The molecule has 0 aromatic carbocycles. The molecule has 0 atom stereocenters. The molecule has 0 aliphatic carbocycles. The minimum absolute atomic E-state index is 1.66. The van der Waals surface area contributed by atoms with Gasteiger partial charge in [0.15, 0.2) is 10.1 Å². The lowest BCUT2D eigenvalue weighted by atomic mass is 10.3. The quantitative estimate of drug-likeness (QED) is 0.364. The first kappa shape index (κ1) is 14.4. The second-order valence-electron chi connectivity index (χ2n) is 2.49. The van der Waals surface area contributed by atoms with E-state index in [2.05, 4.69) is 0 Å². The molecule has 2 nitrogen and oxygen atoms in total. The van der Waals surface area contributed by atoms with Gasteiger partial charge in [-0.05, 0) is 0 Å². The van der Waals surface area contributed by atoms with E-state index in [0.29, 0.717) is 0 Å². The third kappa shape index (κ3) is 22.5. The lowest BCUT2D eigenvalue weighted by Crippen LogP contribution is -2.25. The number of rotatable bonds is 1. The fraction of sp³-hybridized carbons (Fsp3) is 1.00. The van der Waals surface area contributed by atoms with Crippen LogP contribution in [0.2, 0.25) is 0 Å². The van der Waals surface area contributed by atoms with Crippen LogP contribution in [0.15, 0.2) is 0 Å². The van der Waals surface area contributed by atoms with Crippen LogP contribution in [0.3, 0.4) is 0 Å². The van der Waals surface area contributed by atoms with Gasteiger partial charge in [-0.25, -0.2) is 0 Å². The van der Waals surface area contributed by atoms with E-state index in [1.165, 1.54) is 0 Å². The summed E-state index contributed by atoms with van der Waals surface area (Å²) >= 11 is 0. The van der Waals surface area contributed by atoms with Crippen molar-refractivity contribution < 1.29 is 21.5 Å². The predicted octanol–water partition coefficient (Wildman–Crippen LogP) is 1.52. The van der Waals surface area contributed by atoms with Crippen molar-refractivity contribution >= 4 is 17.4 Å². The molecule has 0 heterocycles. The molecule has 8 heteroatoms. The maximum absolute atomic E-state index is 10.8. The van der Waals surface area contributed by atoms with Crippen LogP contribution in [0.1, 0.15) is 0 Å². The summed E-state index contributed by atoms with van der Waals surface area (Å²) < 4.78 is 51.5. The van der Waals surface area contributed by atoms with Gasteiger partial charge in [0.1, 0.15) is 12.5 Å². The molecule has 0 aromatic heterocycles. The zero-order valence-corrected chi connectivity index (χ0v) is 8.17. The van der Waals surface area contributed by atoms with Crippen LogP contribution in [-0.2, 0) is 14.3 Å². The SMILES string of the molecule is CN(C)[S+](C)(C)=O.F[B-](F)(F)F. The van der Waals surface area contributed by atoms with Crippen molar-refractivity contribution in [2.45, 2.75) is 0 Å². The molecule has 0 aromatic rings. The lowest BCUT2D eigenvalue weighted by Gasteiger charge is -2.06. The van der Waals surface area contributed by atoms with Crippen LogP contribution in [-0.4, -0.2) is 38.2 Å². The summed E-state index contributed by atoms with van der Waals surface area (Å²) in [6.45, 7) is 0. The monoisotopic (exact) mass is 209 g/mol. The molecule has 0 saturated carbocycles. The van der Waals surface area contributed by atoms with Crippen LogP contribution in [0.5, 0.6) is 0 Å². The molecule has 12 heavy (non-hydrogen) atoms. The summed E-state index contributed by atoms with van der Waals surface area (Å²) in [4.78, 5) is 0. The number of hydrogen-bond acceptors (Lipinski definition) is 1. The molecule has 0 N–H and O–H groups in total. The maximum Gasteiger partial charge on any atom is 0.673 e. The van der Waals surface area contributed by atoms with Crippen molar-refractivity contribution in [3.05, 3.63) is 0 Å². The topological polar surface area (TPSA) is 20.3 Å². The number of hydrogen-bond donors (Lipinski definition) is 0. The average molecular weight is 209 g/mol. The lowest BCUT2D eigenvalue weighted by molar-refractivity contribution is 0.368. The molecule has 0 rings (SSSR count). The van der Waals surface area contributed by atoms with Gasteiger partial charge in [-0.2, -0.15) is 0 Å². The van der Waals surface area contributed by atoms with Crippen molar-refractivity contribution in [1.82, 2.24) is 4.31 Å². The van der Waals surface area contributed by atoms with Gasteiger partial charge in [0.2, 0.25) is 0 Å². The Morgan fingerprint density at radius 3 is 1.17 bits per heavy atom. The molecule has 0 radical (unpaired) electrons. The molecule has 0 aliphatic rings. The van der Waals surface area contributed by atoms with Gasteiger partial charge in [0.05, 0.1) is 0 Å². The minimum atomic E-state index is -6.00. The molecule has 0 spiro atoms. The van der Waals surface area contributed by atoms with Crippen LogP contribution >= 0.6 is 0 Å². The van der Waals surface area contributed by atoms with E-state index in [1.54, 1.807) is 16.8 Å². The highest BCUT2D eigenvalue weighted by Crippen LogP contribution is 2.06. The van der Waals surface area contributed by atoms with E-state index in [0.717, 1.165) is 0 Å². The van der Waals surface area contributed by atoms with Gasteiger partial charge in [-0.15, -0.1) is 4.31 Å². The Balaban J connectivity index is 0. The van der Waals surface area contributed by atoms with E-state index in [-0.39, 0.29) is 0 Å². The van der Waals surface area contributed by atoms with Gasteiger partial charge < -0.3 is 17.3 Å². The maximum atomic E-state index is 10.8. The third-order valence-corrected chi connectivity index (χ3v) is 2.64. The standard InChI is InChI=1S/C4H12NOS.BF4/c1-5(2)7(3,4)6;2-1(3,4)5/h1-4H3;/q+1;-1. The molecule has 0 aliphatic heterocycles. The van der Waals surface area contributed by atoms with Crippen molar-refractivity contribution in [2.24, 2.45) is 0 Å². The normalized spacial score (nSPS) is 12.4. The van der Waals surface area contributed by atoms with Gasteiger partial charge in [0.25, 0.3) is 0 Å². The molecule has 0 bridgehead atoms. The van der Waals surface area contributed by atoms with Crippen molar-refractivity contribution in [3.63, 3.8) is 0 Å². The van der Waals surface area contributed by atoms with E-state index in [4.69, 9.17) is 0 Å². The van der Waals surface area contributed by atoms with Crippen molar-refractivity contribution in [1.29, 1.82) is 0 Å². The Labute approximate surface area is 70.6 Å². The number of nitrogens with zero attached hydrogens (tertiary/aromatic N) is 1. The Bertz CT molecular complexity index is 159. The van der Waals surface area contributed by atoms with Crippen LogP contribution in [0, 0.1) is 0 Å². The van der Waals surface area contributed by atoms with E-state index < -0.39 is 17.4 Å². The summed E-state index contributed by atoms with van der Waals surface area (Å²) in [6, 6.07) is 0. The highest BCUT2D eigenvalue weighted by atomic mass is 32.3. The first-order chi connectivity index (χ1) is 4.94. The Hall–Kier alpha value is -0.105. The van der Waals surface area contributed by atoms with E-state index >= 15 is 0 Å². The zero-order chi connectivity index (χ0) is 10.6. The predicted molar refractivity (Wildman–Crippen MR) is 43.8 cm³/mol. The molecule has 76 valence electrons. The van der Waals surface area contributed by atoms with Crippen molar-refractivity contribution in [2.75, 3.05) is 26.6 Å². The third-order valence-electron chi connectivity index (χ3n) is 0.879. The second kappa shape index (κ2) is 4.81. The Morgan fingerprint density at radius 2 is 1.17 bits per heavy atom. The van der Waals surface area contributed by atoms with Crippen molar-refractivity contribution in [3.8, 4) is 0 Å². The molecular weight excluding hydrogens is 197 g/mol. The summed E-state index contributed by atoms with van der Waals surface area (Å²) in [6.07, 6.45) is 3.43. The fourth-order valence-electron chi connectivity index (χ4n) is 0. The molecule has 0 unspecified atom stereocenters. The molecule has 0 saturated heterocycles. The van der Waals surface area contributed by atoms with Gasteiger partial charge in [-0.1, -0.05) is 4.21 Å². The Morgan fingerprint density at radius 1 is 1.08 bits per heavy atom. The zero-order valence-electron chi connectivity index (χ0n) is 7.35. The summed E-state index contributed by atoms with van der Waals surface area (Å²) in [5.74, 6) is 0. The first-order valence-corrected chi connectivity index (χ1v) is 5.26. The average Bonchev–Trinajstić information content (AvgIpc) is 1.55. The van der Waals surface area contributed by atoms with E-state index in [1.807, 2.05) is 14.1 Å². The van der Waals surface area contributed by atoms with Crippen LogP contribution < -0.4 is 0 Å². The Kier molecular flexibility index (Phi) is 5.78. The highest BCUT2D eigenvalue weighted by molar-refractivity contribution is 7.99. The fourth-order valence-corrected chi connectivity index (χ4v) is 0. The molecule has 0 fully saturated rings. The smallest absolute Gasteiger partial charge is 0.418 e. The van der Waals surface area contributed by atoms with Gasteiger partial charge >= 0.3 is 7.25 Å². The summed E-state index contributed by atoms with van der Waals surface area (Å²) in [5, 5.41) is 0. The molecule has 0 amide bonds. The highest BCUT2D eigenvalue weighted by Gasteiger charge is 2.20. The molecular formula is C4H12BF4NOS. The van der Waals surface area contributed by atoms with Crippen LogP contribution in [0.4, 0.5) is 17.3 Å². The summed E-state index contributed by atoms with van der Waals surface area (Å²) in [7, 11) is -4.04. The number of halogens is 4. The van der Waals surface area contributed by atoms with E-state index in [9.17, 15) is 21.5 Å². The van der Waals surface area contributed by atoms with Crippen LogP contribution in [0.25, 0.3) is 0 Å². The van der Waals surface area contributed by atoms with Gasteiger partial charge in [-0.3, -0.25) is 0 Å². The second-order valence-corrected chi connectivity index (χ2v) is 5.58. The minimum Gasteiger partial charge on any atom is -0.418 e.